The maximum absolute atomic E-state index is 12.4. The Bertz CT molecular complexity index is 578. The molecule has 1 saturated carbocycles. The van der Waals surface area contributed by atoms with E-state index in [0.29, 0.717) is 13.1 Å². The first-order valence-electron chi connectivity index (χ1n) is 8.23. The molecule has 2 heterocycles. The van der Waals surface area contributed by atoms with Gasteiger partial charge in [-0.3, -0.25) is 9.69 Å². The minimum atomic E-state index is -4.61. The summed E-state index contributed by atoms with van der Waals surface area (Å²) in [5.74, 6) is -0.920. The van der Waals surface area contributed by atoms with Crippen molar-refractivity contribution in [2.24, 2.45) is 5.92 Å². The van der Waals surface area contributed by atoms with E-state index in [9.17, 15) is 18.0 Å². The predicted octanol–water partition coefficient (Wildman–Crippen LogP) is 2.31. The molecule has 3 rings (SSSR count). The van der Waals surface area contributed by atoms with E-state index in [4.69, 9.17) is 0 Å². The van der Waals surface area contributed by atoms with Gasteiger partial charge in [-0.1, -0.05) is 6.42 Å². The van der Waals surface area contributed by atoms with Crippen LogP contribution < -0.4 is 0 Å². The fourth-order valence-electron chi connectivity index (χ4n) is 3.21. The van der Waals surface area contributed by atoms with Crippen molar-refractivity contribution in [2.75, 3.05) is 20.1 Å². The van der Waals surface area contributed by atoms with Crippen molar-refractivity contribution in [3.63, 3.8) is 0 Å². The molecule has 2 fully saturated rings. The molecule has 0 aromatic carbocycles. The summed E-state index contributed by atoms with van der Waals surface area (Å²) in [6.07, 6.45) is 0.0987. The molecule has 0 N–H and O–H groups in total. The lowest BCUT2D eigenvalue weighted by molar-refractivity contribution is -0.157. The van der Waals surface area contributed by atoms with Gasteiger partial charge in [0.05, 0.1) is 6.54 Å². The number of aromatic nitrogens is 2. The summed E-state index contributed by atoms with van der Waals surface area (Å²) < 4.78 is 42.0. The second kappa shape index (κ2) is 6.70. The maximum atomic E-state index is 12.4. The number of likely N-dealkylation sites (tertiary alicyclic amines) is 1. The van der Waals surface area contributed by atoms with Crippen molar-refractivity contribution in [3.8, 4) is 0 Å². The van der Waals surface area contributed by atoms with Crippen LogP contribution in [0.2, 0.25) is 0 Å². The second-order valence-corrected chi connectivity index (χ2v) is 6.58. The number of rotatable bonds is 4. The number of hydrogen-bond acceptors (Lipinski definition) is 5. The Hall–Kier alpha value is -1.64. The van der Waals surface area contributed by atoms with E-state index >= 15 is 0 Å². The summed E-state index contributed by atoms with van der Waals surface area (Å²) in [6, 6.07) is 0.197. The summed E-state index contributed by atoms with van der Waals surface area (Å²) in [5, 5.41) is 6.49. The first kappa shape index (κ1) is 17.2. The number of amides is 1. The predicted molar refractivity (Wildman–Crippen MR) is 77.7 cm³/mol. The maximum Gasteiger partial charge on any atom is 0.470 e. The minimum Gasteiger partial charge on any atom is -0.416 e. The standard InChI is InChI=1S/C15H21F3N4O2/c1-21(13(23)10-3-2-4-10)11-5-7-22(8-6-11)9-12-19-20-14(24-12)15(16,17)18/h10-11H,2-9H2,1H3. The lowest BCUT2D eigenvalue weighted by Gasteiger charge is -2.39. The largest absolute Gasteiger partial charge is 0.470 e. The molecule has 1 aliphatic heterocycles. The van der Waals surface area contributed by atoms with Crippen LogP contribution in [0.15, 0.2) is 4.42 Å². The third-order valence-electron chi connectivity index (χ3n) is 4.98. The van der Waals surface area contributed by atoms with Crippen molar-refractivity contribution in [2.45, 2.75) is 50.9 Å². The highest BCUT2D eigenvalue weighted by Gasteiger charge is 2.38. The molecule has 1 aliphatic carbocycles. The number of nitrogens with zero attached hydrogens (tertiary/aromatic N) is 4. The van der Waals surface area contributed by atoms with Gasteiger partial charge in [-0.25, -0.2) is 0 Å². The summed E-state index contributed by atoms with van der Waals surface area (Å²) in [7, 11) is 1.86. The molecule has 0 bridgehead atoms. The van der Waals surface area contributed by atoms with Crippen LogP contribution >= 0.6 is 0 Å². The van der Waals surface area contributed by atoms with Gasteiger partial charge < -0.3 is 9.32 Å². The van der Waals surface area contributed by atoms with Crippen molar-refractivity contribution in [1.29, 1.82) is 0 Å². The molecule has 134 valence electrons. The van der Waals surface area contributed by atoms with Crippen LogP contribution in [0.5, 0.6) is 0 Å². The van der Waals surface area contributed by atoms with Gasteiger partial charge in [0.2, 0.25) is 11.8 Å². The van der Waals surface area contributed by atoms with Gasteiger partial charge in [0.25, 0.3) is 0 Å². The van der Waals surface area contributed by atoms with E-state index in [2.05, 4.69) is 14.6 Å². The average Bonchev–Trinajstić information content (AvgIpc) is 2.94. The SMILES string of the molecule is CN(C(=O)C1CCC1)C1CCN(Cc2nnc(C(F)(F)F)o2)CC1. The number of hydrogen-bond donors (Lipinski definition) is 0. The molecule has 6 nitrogen and oxygen atoms in total. The van der Waals surface area contributed by atoms with E-state index in [1.165, 1.54) is 0 Å². The van der Waals surface area contributed by atoms with Crippen molar-refractivity contribution < 1.29 is 22.4 Å². The zero-order chi connectivity index (χ0) is 17.3. The number of piperidine rings is 1. The van der Waals surface area contributed by atoms with Crippen molar-refractivity contribution in [1.82, 2.24) is 20.0 Å². The Morgan fingerprint density at radius 3 is 2.42 bits per heavy atom. The number of alkyl halides is 3. The van der Waals surface area contributed by atoms with Crippen LogP contribution in [0.3, 0.4) is 0 Å². The average molecular weight is 346 g/mol. The van der Waals surface area contributed by atoms with Crippen LogP contribution in [-0.4, -0.2) is 52.1 Å². The Morgan fingerprint density at radius 1 is 1.25 bits per heavy atom. The highest BCUT2D eigenvalue weighted by atomic mass is 19.4. The molecule has 0 radical (unpaired) electrons. The lowest BCUT2D eigenvalue weighted by Crippen LogP contribution is -2.48. The molecular weight excluding hydrogens is 325 g/mol. The van der Waals surface area contributed by atoms with E-state index in [-0.39, 0.29) is 30.3 Å². The van der Waals surface area contributed by atoms with Crippen LogP contribution in [0.25, 0.3) is 0 Å². The zero-order valence-corrected chi connectivity index (χ0v) is 13.6. The smallest absolute Gasteiger partial charge is 0.416 e. The van der Waals surface area contributed by atoms with E-state index < -0.39 is 12.1 Å². The normalized spacial score (nSPS) is 20.8. The third-order valence-corrected chi connectivity index (χ3v) is 4.98. The van der Waals surface area contributed by atoms with Crippen LogP contribution in [0.4, 0.5) is 13.2 Å². The van der Waals surface area contributed by atoms with Gasteiger partial charge in [0.1, 0.15) is 0 Å². The number of carbonyl (C=O) groups is 1. The monoisotopic (exact) mass is 346 g/mol. The van der Waals surface area contributed by atoms with Gasteiger partial charge >= 0.3 is 12.1 Å². The molecule has 1 amide bonds. The number of halogens is 3. The Morgan fingerprint density at radius 2 is 1.92 bits per heavy atom. The molecule has 1 saturated heterocycles. The van der Waals surface area contributed by atoms with E-state index in [1.54, 1.807) is 0 Å². The molecule has 0 atom stereocenters. The topological polar surface area (TPSA) is 62.5 Å². The third kappa shape index (κ3) is 3.71. The molecule has 1 aromatic rings. The van der Waals surface area contributed by atoms with Crippen LogP contribution in [-0.2, 0) is 17.5 Å². The fraction of sp³-hybridized carbons (Fsp3) is 0.800. The molecule has 0 unspecified atom stereocenters. The van der Waals surface area contributed by atoms with E-state index in [1.807, 2.05) is 16.8 Å². The van der Waals surface area contributed by atoms with Gasteiger partial charge in [0.15, 0.2) is 0 Å². The van der Waals surface area contributed by atoms with Gasteiger partial charge in [0, 0.05) is 32.1 Å². The Balaban J connectivity index is 1.48. The highest BCUT2D eigenvalue weighted by Crippen LogP contribution is 2.30. The van der Waals surface area contributed by atoms with Gasteiger partial charge in [-0.05, 0) is 25.7 Å². The molecular formula is C15H21F3N4O2. The zero-order valence-electron chi connectivity index (χ0n) is 13.6. The first-order valence-corrected chi connectivity index (χ1v) is 8.23. The molecule has 1 aromatic heterocycles. The van der Waals surface area contributed by atoms with Crippen molar-refractivity contribution in [3.05, 3.63) is 11.8 Å². The molecule has 0 spiro atoms. The molecule has 9 heteroatoms. The van der Waals surface area contributed by atoms with Gasteiger partial charge in [-0.2, -0.15) is 13.2 Å². The highest BCUT2D eigenvalue weighted by molar-refractivity contribution is 5.79. The van der Waals surface area contributed by atoms with Gasteiger partial charge in [-0.15, -0.1) is 10.2 Å². The molecule has 24 heavy (non-hydrogen) atoms. The van der Waals surface area contributed by atoms with Crippen LogP contribution in [0.1, 0.15) is 43.9 Å². The lowest BCUT2D eigenvalue weighted by atomic mass is 9.84. The quantitative estimate of drug-likeness (QED) is 0.837. The second-order valence-electron chi connectivity index (χ2n) is 6.58. The Kier molecular flexibility index (Phi) is 4.80. The number of carbonyl (C=O) groups excluding carboxylic acids is 1. The molecule has 2 aliphatic rings. The Labute approximate surface area is 138 Å². The summed E-state index contributed by atoms with van der Waals surface area (Å²) in [4.78, 5) is 16.1. The summed E-state index contributed by atoms with van der Waals surface area (Å²) in [5.41, 5.74) is 0. The van der Waals surface area contributed by atoms with Crippen LogP contribution in [0, 0.1) is 5.92 Å². The van der Waals surface area contributed by atoms with Crippen molar-refractivity contribution >= 4 is 5.91 Å². The first-order chi connectivity index (χ1) is 11.3. The fourth-order valence-corrected chi connectivity index (χ4v) is 3.21. The van der Waals surface area contributed by atoms with E-state index in [0.717, 1.165) is 32.1 Å². The summed E-state index contributed by atoms with van der Waals surface area (Å²) in [6.45, 7) is 1.59. The minimum absolute atomic E-state index is 0.0281. The summed E-state index contributed by atoms with van der Waals surface area (Å²) >= 11 is 0.